The summed E-state index contributed by atoms with van der Waals surface area (Å²) >= 11 is 0. The SMILES string of the molecule is CCCNCc1ccncc1N(CC)C(C)COC. The van der Waals surface area contributed by atoms with Crippen molar-refractivity contribution in [3.8, 4) is 0 Å². The molecule has 1 rings (SSSR count). The van der Waals surface area contributed by atoms with Gasteiger partial charge in [-0.15, -0.1) is 0 Å². The number of nitrogens with zero attached hydrogens (tertiary/aromatic N) is 2. The number of pyridine rings is 1. The van der Waals surface area contributed by atoms with Crippen molar-refractivity contribution in [2.75, 3.05) is 31.7 Å². The first kappa shape index (κ1) is 15.9. The van der Waals surface area contributed by atoms with Crippen LogP contribution in [0.15, 0.2) is 18.5 Å². The van der Waals surface area contributed by atoms with E-state index >= 15 is 0 Å². The number of likely N-dealkylation sites (N-methyl/N-ethyl adjacent to an activating group) is 1. The fraction of sp³-hybridized carbons (Fsp3) is 0.667. The highest BCUT2D eigenvalue weighted by Gasteiger charge is 2.15. The Bertz CT molecular complexity index is 357. The molecular weight excluding hydrogens is 238 g/mol. The van der Waals surface area contributed by atoms with Crippen LogP contribution in [0.4, 0.5) is 5.69 Å². The summed E-state index contributed by atoms with van der Waals surface area (Å²) in [7, 11) is 1.75. The third-order valence-corrected chi connectivity index (χ3v) is 3.22. The number of hydrogen-bond acceptors (Lipinski definition) is 4. The molecule has 0 aliphatic carbocycles. The molecule has 1 heterocycles. The number of aromatic nitrogens is 1. The van der Waals surface area contributed by atoms with Crippen LogP contribution in [0, 0.1) is 0 Å². The predicted molar refractivity (Wildman–Crippen MR) is 80.6 cm³/mol. The summed E-state index contributed by atoms with van der Waals surface area (Å²) in [6.45, 7) is 10.1. The largest absolute Gasteiger partial charge is 0.383 e. The molecule has 0 fully saturated rings. The molecule has 19 heavy (non-hydrogen) atoms. The fourth-order valence-corrected chi connectivity index (χ4v) is 2.27. The maximum Gasteiger partial charge on any atom is 0.0663 e. The van der Waals surface area contributed by atoms with Gasteiger partial charge in [0.15, 0.2) is 0 Å². The lowest BCUT2D eigenvalue weighted by atomic mass is 10.1. The van der Waals surface area contributed by atoms with E-state index in [1.165, 1.54) is 11.3 Å². The molecule has 1 unspecified atom stereocenters. The Labute approximate surface area is 117 Å². The molecule has 108 valence electrons. The molecule has 0 amide bonds. The van der Waals surface area contributed by atoms with Gasteiger partial charge in [-0.3, -0.25) is 4.98 Å². The Morgan fingerprint density at radius 2 is 2.21 bits per heavy atom. The molecule has 0 radical (unpaired) electrons. The molecule has 0 bridgehead atoms. The molecular formula is C15H27N3O. The number of methoxy groups -OCH3 is 1. The van der Waals surface area contributed by atoms with Gasteiger partial charge in [0.1, 0.15) is 0 Å². The third-order valence-electron chi connectivity index (χ3n) is 3.22. The van der Waals surface area contributed by atoms with Gasteiger partial charge in [0.25, 0.3) is 0 Å². The van der Waals surface area contributed by atoms with Crippen molar-refractivity contribution in [2.24, 2.45) is 0 Å². The first-order chi connectivity index (χ1) is 9.24. The second-order valence-corrected chi connectivity index (χ2v) is 4.77. The molecule has 1 aromatic rings. The molecule has 0 aliphatic rings. The highest BCUT2D eigenvalue weighted by atomic mass is 16.5. The molecule has 1 aromatic heterocycles. The predicted octanol–water partition coefficient (Wildman–Crippen LogP) is 2.44. The lowest BCUT2D eigenvalue weighted by molar-refractivity contribution is 0.182. The summed E-state index contributed by atoms with van der Waals surface area (Å²) < 4.78 is 5.27. The Kier molecular flexibility index (Phi) is 7.45. The van der Waals surface area contributed by atoms with E-state index in [1.807, 2.05) is 12.4 Å². The van der Waals surface area contributed by atoms with Crippen LogP contribution in [0.1, 0.15) is 32.8 Å². The van der Waals surface area contributed by atoms with Crippen LogP contribution in [-0.2, 0) is 11.3 Å². The van der Waals surface area contributed by atoms with Crippen molar-refractivity contribution in [3.63, 3.8) is 0 Å². The number of ether oxygens (including phenoxy) is 1. The summed E-state index contributed by atoms with van der Waals surface area (Å²) in [5.41, 5.74) is 2.51. The minimum atomic E-state index is 0.351. The highest BCUT2D eigenvalue weighted by molar-refractivity contribution is 5.52. The van der Waals surface area contributed by atoms with Crippen LogP contribution in [0.5, 0.6) is 0 Å². The minimum Gasteiger partial charge on any atom is -0.383 e. The third kappa shape index (κ3) is 4.80. The van der Waals surface area contributed by atoms with Crippen molar-refractivity contribution in [1.82, 2.24) is 10.3 Å². The molecule has 4 heteroatoms. The highest BCUT2D eigenvalue weighted by Crippen LogP contribution is 2.21. The zero-order valence-electron chi connectivity index (χ0n) is 12.6. The van der Waals surface area contributed by atoms with Gasteiger partial charge < -0.3 is 15.0 Å². The fourth-order valence-electron chi connectivity index (χ4n) is 2.27. The second-order valence-electron chi connectivity index (χ2n) is 4.77. The zero-order valence-corrected chi connectivity index (χ0v) is 12.6. The molecule has 0 aliphatic heterocycles. The van der Waals surface area contributed by atoms with Gasteiger partial charge in [0.05, 0.1) is 18.5 Å². The summed E-state index contributed by atoms with van der Waals surface area (Å²) in [5, 5.41) is 3.46. The molecule has 0 aromatic carbocycles. The standard InChI is InChI=1S/C15H27N3O/c1-5-8-16-10-14-7-9-17-11-15(14)18(6-2)13(3)12-19-4/h7,9,11,13,16H,5-6,8,10,12H2,1-4H3. The van der Waals surface area contributed by atoms with Crippen LogP contribution in [-0.4, -0.2) is 37.8 Å². The van der Waals surface area contributed by atoms with E-state index in [0.29, 0.717) is 6.04 Å². The van der Waals surface area contributed by atoms with Crippen molar-refractivity contribution in [3.05, 3.63) is 24.0 Å². The molecule has 0 spiro atoms. The van der Waals surface area contributed by atoms with Gasteiger partial charge in [-0.1, -0.05) is 6.92 Å². The van der Waals surface area contributed by atoms with Crippen molar-refractivity contribution in [1.29, 1.82) is 0 Å². The average molecular weight is 265 g/mol. The quantitative estimate of drug-likeness (QED) is 0.696. The summed E-state index contributed by atoms with van der Waals surface area (Å²) in [6, 6.07) is 2.45. The average Bonchev–Trinajstić information content (AvgIpc) is 2.42. The maximum atomic E-state index is 5.27. The summed E-state index contributed by atoms with van der Waals surface area (Å²) in [5.74, 6) is 0. The zero-order chi connectivity index (χ0) is 14.1. The van der Waals surface area contributed by atoms with Crippen molar-refractivity contribution >= 4 is 5.69 Å². The first-order valence-electron chi connectivity index (χ1n) is 7.13. The monoisotopic (exact) mass is 265 g/mol. The van der Waals surface area contributed by atoms with Crippen LogP contribution in [0.25, 0.3) is 0 Å². The molecule has 0 saturated heterocycles. The van der Waals surface area contributed by atoms with E-state index in [4.69, 9.17) is 4.74 Å². The Balaban J connectivity index is 2.83. The number of nitrogens with one attached hydrogen (secondary N) is 1. The van der Waals surface area contributed by atoms with E-state index in [0.717, 1.165) is 32.7 Å². The topological polar surface area (TPSA) is 37.4 Å². The summed E-state index contributed by atoms with van der Waals surface area (Å²) in [6.07, 6.45) is 4.97. The molecule has 1 atom stereocenters. The van der Waals surface area contributed by atoms with Crippen LogP contribution in [0.2, 0.25) is 0 Å². The molecule has 0 saturated carbocycles. The first-order valence-corrected chi connectivity index (χ1v) is 7.13. The van der Waals surface area contributed by atoms with Crippen LogP contribution < -0.4 is 10.2 Å². The van der Waals surface area contributed by atoms with Gasteiger partial charge in [0, 0.05) is 32.4 Å². The number of rotatable bonds is 9. The minimum absolute atomic E-state index is 0.351. The molecule has 1 N–H and O–H groups in total. The summed E-state index contributed by atoms with van der Waals surface area (Å²) in [4.78, 5) is 6.62. The van der Waals surface area contributed by atoms with Crippen LogP contribution in [0.3, 0.4) is 0 Å². The van der Waals surface area contributed by atoms with Gasteiger partial charge in [-0.25, -0.2) is 0 Å². The Hall–Kier alpha value is -1.13. The Morgan fingerprint density at radius 1 is 1.42 bits per heavy atom. The Morgan fingerprint density at radius 3 is 2.84 bits per heavy atom. The van der Waals surface area contributed by atoms with Crippen molar-refractivity contribution in [2.45, 2.75) is 39.8 Å². The van der Waals surface area contributed by atoms with E-state index < -0.39 is 0 Å². The number of anilines is 1. The van der Waals surface area contributed by atoms with Crippen LogP contribution >= 0.6 is 0 Å². The molecule has 4 nitrogen and oxygen atoms in total. The van der Waals surface area contributed by atoms with Gasteiger partial charge in [0.2, 0.25) is 0 Å². The van der Waals surface area contributed by atoms with E-state index in [2.05, 4.69) is 42.0 Å². The van der Waals surface area contributed by atoms with E-state index in [-0.39, 0.29) is 0 Å². The lowest BCUT2D eigenvalue weighted by Gasteiger charge is -2.31. The lowest BCUT2D eigenvalue weighted by Crippen LogP contribution is -2.37. The second kappa shape index (κ2) is 8.88. The normalized spacial score (nSPS) is 12.4. The van der Waals surface area contributed by atoms with E-state index in [1.54, 1.807) is 7.11 Å². The van der Waals surface area contributed by atoms with Gasteiger partial charge >= 0.3 is 0 Å². The van der Waals surface area contributed by atoms with E-state index in [9.17, 15) is 0 Å². The number of hydrogen-bond donors (Lipinski definition) is 1. The maximum absolute atomic E-state index is 5.27. The van der Waals surface area contributed by atoms with Gasteiger partial charge in [-0.05, 0) is 38.4 Å². The van der Waals surface area contributed by atoms with Crippen molar-refractivity contribution < 1.29 is 4.74 Å². The smallest absolute Gasteiger partial charge is 0.0663 e. The van der Waals surface area contributed by atoms with Gasteiger partial charge in [-0.2, -0.15) is 0 Å².